The van der Waals surface area contributed by atoms with E-state index in [0.717, 1.165) is 32.1 Å². The predicted octanol–water partition coefficient (Wildman–Crippen LogP) is 14.3. The van der Waals surface area contributed by atoms with Crippen LogP contribution in [0.1, 0.15) is 265 Å². The minimum Gasteiger partial charge on any atom is -0.466 e. The summed E-state index contributed by atoms with van der Waals surface area (Å²) < 4.78 is 11.1. The number of ether oxygens (including phenoxy) is 2. The number of carbonyl (C=O) groups is 4. The number of nitrogens with one attached hydrogen (secondary N) is 1. The molecule has 0 bridgehead atoms. The maximum absolute atomic E-state index is 13.1. The summed E-state index contributed by atoms with van der Waals surface area (Å²) in [4.78, 5) is 50.4. The van der Waals surface area contributed by atoms with Gasteiger partial charge in [-0.3, -0.25) is 19.2 Å². The maximum Gasteiger partial charge on any atom is 0.309 e. The molecule has 0 rings (SSSR count). The fourth-order valence-corrected chi connectivity index (χ4v) is 7.47. The minimum absolute atomic E-state index is 0.00934. The Hall–Kier alpha value is -1.92. The Labute approximate surface area is 347 Å². The average Bonchev–Trinajstić information content (AvgIpc) is 3.17. The van der Waals surface area contributed by atoms with Gasteiger partial charge in [0.05, 0.1) is 19.1 Å². The monoisotopic (exact) mass is 792 g/mol. The van der Waals surface area contributed by atoms with Crippen LogP contribution in [-0.2, 0) is 28.7 Å². The fraction of sp³-hybridized carbons (Fsp3) is 0.918. The van der Waals surface area contributed by atoms with Crippen molar-refractivity contribution in [2.24, 2.45) is 5.92 Å². The molecule has 1 amide bonds. The molecule has 0 aromatic carbocycles. The number of amides is 1. The molecule has 0 saturated carbocycles. The summed E-state index contributed by atoms with van der Waals surface area (Å²) in [6.07, 6.45) is 41.7. The molecule has 0 aromatic heterocycles. The van der Waals surface area contributed by atoms with Crippen molar-refractivity contribution >= 4 is 23.6 Å². The molecule has 0 aliphatic rings. The summed E-state index contributed by atoms with van der Waals surface area (Å²) in [7, 11) is 0. The molecule has 1 unspecified atom stereocenters. The highest BCUT2D eigenvalue weighted by molar-refractivity contribution is 5.88. The number of hydrogen-bond donors (Lipinski definition) is 1. The Bertz CT molecular complexity index is 905. The standard InChI is InChI=1S/C49H93NO6/c1-5-7-9-11-13-15-17-19-21-23-25-27-29-31-33-35-41-55-48(53)40-37-45(43-46(51)38-39-47(52)50-44(3)4)49(54)56-42-36-34-32-30-28-26-24-22-20-18-16-14-12-10-8-6-2/h44-45H,5-43H2,1-4H3,(H,50,52). The molecular formula is C49H93NO6. The van der Waals surface area contributed by atoms with Gasteiger partial charge < -0.3 is 14.8 Å². The summed E-state index contributed by atoms with van der Waals surface area (Å²) in [6.45, 7) is 9.04. The second-order valence-corrected chi connectivity index (χ2v) is 17.2. The molecule has 0 aliphatic carbocycles. The van der Waals surface area contributed by atoms with Crippen LogP contribution in [0.5, 0.6) is 0 Å². The molecule has 1 N–H and O–H groups in total. The van der Waals surface area contributed by atoms with E-state index in [1.807, 2.05) is 13.8 Å². The number of hydrogen-bond acceptors (Lipinski definition) is 6. The summed E-state index contributed by atoms with van der Waals surface area (Å²) in [6, 6.07) is 0.00934. The van der Waals surface area contributed by atoms with Crippen molar-refractivity contribution in [3.8, 4) is 0 Å². The average molecular weight is 792 g/mol. The van der Waals surface area contributed by atoms with Crippen LogP contribution in [0, 0.1) is 5.92 Å². The Balaban J connectivity index is 4.18. The second-order valence-electron chi connectivity index (χ2n) is 17.2. The van der Waals surface area contributed by atoms with Gasteiger partial charge in [0.15, 0.2) is 0 Å². The molecule has 0 saturated heterocycles. The van der Waals surface area contributed by atoms with Crippen molar-refractivity contribution in [2.45, 2.75) is 271 Å². The Morgan fingerprint density at radius 1 is 0.429 bits per heavy atom. The largest absolute Gasteiger partial charge is 0.466 e. The number of ketones is 1. The molecule has 0 heterocycles. The number of rotatable bonds is 44. The summed E-state index contributed by atoms with van der Waals surface area (Å²) in [5.74, 6) is -1.77. The number of carbonyl (C=O) groups excluding carboxylic acids is 4. The molecule has 0 aromatic rings. The van der Waals surface area contributed by atoms with Gasteiger partial charge in [0, 0.05) is 31.7 Å². The second kappa shape index (κ2) is 42.7. The van der Waals surface area contributed by atoms with Crippen LogP contribution in [0.4, 0.5) is 0 Å². The van der Waals surface area contributed by atoms with Gasteiger partial charge in [-0.2, -0.15) is 0 Å². The van der Waals surface area contributed by atoms with E-state index in [4.69, 9.17) is 9.47 Å². The van der Waals surface area contributed by atoms with Gasteiger partial charge in [-0.25, -0.2) is 0 Å². The third kappa shape index (κ3) is 40.3. The quantitative estimate of drug-likeness (QED) is 0.0487. The zero-order valence-corrected chi connectivity index (χ0v) is 37.7. The third-order valence-electron chi connectivity index (χ3n) is 11.1. The molecule has 7 nitrogen and oxygen atoms in total. The molecule has 7 heteroatoms. The van der Waals surface area contributed by atoms with Gasteiger partial charge in [-0.1, -0.05) is 206 Å². The first-order valence-corrected chi connectivity index (χ1v) is 24.4. The molecule has 0 fully saturated rings. The van der Waals surface area contributed by atoms with Crippen molar-refractivity contribution in [1.29, 1.82) is 0 Å². The van der Waals surface area contributed by atoms with E-state index in [0.29, 0.717) is 13.2 Å². The maximum atomic E-state index is 13.1. The zero-order valence-electron chi connectivity index (χ0n) is 37.7. The van der Waals surface area contributed by atoms with E-state index < -0.39 is 11.9 Å². The highest BCUT2D eigenvalue weighted by atomic mass is 16.5. The number of esters is 2. The van der Waals surface area contributed by atoms with Crippen molar-refractivity contribution in [3.05, 3.63) is 0 Å². The third-order valence-corrected chi connectivity index (χ3v) is 11.1. The van der Waals surface area contributed by atoms with Crippen molar-refractivity contribution in [3.63, 3.8) is 0 Å². The lowest BCUT2D eigenvalue weighted by Crippen LogP contribution is -2.30. The van der Waals surface area contributed by atoms with Crippen molar-refractivity contribution in [1.82, 2.24) is 5.32 Å². The summed E-state index contributed by atoms with van der Waals surface area (Å²) >= 11 is 0. The van der Waals surface area contributed by atoms with Gasteiger partial charge >= 0.3 is 11.9 Å². The summed E-state index contributed by atoms with van der Waals surface area (Å²) in [5, 5.41) is 2.80. The lowest BCUT2D eigenvalue weighted by Gasteiger charge is -2.16. The molecule has 56 heavy (non-hydrogen) atoms. The lowest BCUT2D eigenvalue weighted by molar-refractivity contribution is -0.151. The Morgan fingerprint density at radius 3 is 1.12 bits per heavy atom. The van der Waals surface area contributed by atoms with E-state index in [-0.39, 0.29) is 55.8 Å². The van der Waals surface area contributed by atoms with E-state index in [1.165, 1.54) is 173 Å². The van der Waals surface area contributed by atoms with Crippen LogP contribution in [-0.4, -0.2) is 42.9 Å². The molecule has 0 spiro atoms. The van der Waals surface area contributed by atoms with Crippen LogP contribution >= 0.6 is 0 Å². The van der Waals surface area contributed by atoms with Crippen LogP contribution < -0.4 is 5.32 Å². The normalized spacial score (nSPS) is 11.9. The molecule has 330 valence electrons. The molecular weight excluding hydrogens is 699 g/mol. The first-order valence-electron chi connectivity index (χ1n) is 24.4. The zero-order chi connectivity index (χ0) is 41.2. The fourth-order valence-electron chi connectivity index (χ4n) is 7.47. The van der Waals surface area contributed by atoms with E-state index in [9.17, 15) is 19.2 Å². The molecule has 0 aliphatic heterocycles. The van der Waals surface area contributed by atoms with Gasteiger partial charge in [0.1, 0.15) is 5.78 Å². The van der Waals surface area contributed by atoms with Crippen molar-refractivity contribution < 1.29 is 28.7 Å². The summed E-state index contributed by atoms with van der Waals surface area (Å²) in [5.41, 5.74) is 0. The van der Waals surface area contributed by atoms with E-state index in [2.05, 4.69) is 19.2 Å². The minimum atomic E-state index is -0.695. The van der Waals surface area contributed by atoms with Crippen LogP contribution in [0.25, 0.3) is 0 Å². The molecule has 0 radical (unpaired) electrons. The smallest absolute Gasteiger partial charge is 0.309 e. The lowest BCUT2D eigenvalue weighted by atomic mass is 9.95. The number of Topliss-reactive ketones (excluding diaryl/α,β-unsaturated/α-hetero) is 1. The van der Waals surface area contributed by atoms with Gasteiger partial charge in [-0.15, -0.1) is 0 Å². The predicted molar refractivity (Wildman–Crippen MR) is 236 cm³/mol. The first-order chi connectivity index (χ1) is 27.3. The Morgan fingerprint density at radius 2 is 0.768 bits per heavy atom. The molecule has 1 atom stereocenters. The van der Waals surface area contributed by atoms with Gasteiger partial charge in [-0.05, 0) is 33.1 Å². The Kier molecular flexibility index (Phi) is 41.2. The SMILES string of the molecule is CCCCCCCCCCCCCCCCCCOC(=O)CCC(CC(=O)CCC(=O)NC(C)C)C(=O)OCCCCCCCCCCCCCCCCCC. The number of unbranched alkanes of at least 4 members (excludes halogenated alkanes) is 30. The highest BCUT2D eigenvalue weighted by Crippen LogP contribution is 2.19. The van der Waals surface area contributed by atoms with Crippen LogP contribution in [0.3, 0.4) is 0 Å². The van der Waals surface area contributed by atoms with E-state index in [1.54, 1.807) is 0 Å². The first kappa shape index (κ1) is 54.1. The van der Waals surface area contributed by atoms with Gasteiger partial charge in [0.2, 0.25) is 5.91 Å². The van der Waals surface area contributed by atoms with Crippen LogP contribution in [0.2, 0.25) is 0 Å². The van der Waals surface area contributed by atoms with E-state index >= 15 is 0 Å². The van der Waals surface area contributed by atoms with Crippen LogP contribution in [0.15, 0.2) is 0 Å². The topological polar surface area (TPSA) is 98.8 Å². The van der Waals surface area contributed by atoms with Gasteiger partial charge in [0.25, 0.3) is 0 Å². The van der Waals surface area contributed by atoms with Crippen molar-refractivity contribution in [2.75, 3.05) is 13.2 Å². The highest BCUT2D eigenvalue weighted by Gasteiger charge is 2.25.